The summed E-state index contributed by atoms with van der Waals surface area (Å²) in [7, 11) is 0. The van der Waals surface area contributed by atoms with Crippen LogP contribution in [0, 0.1) is 21.7 Å². The fourth-order valence-corrected chi connectivity index (χ4v) is 1.88. The van der Waals surface area contributed by atoms with Gasteiger partial charge in [-0.3, -0.25) is 4.79 Å². The second kappa shape index (κ2) is 6.48. The summed E-state index contributed by atoms with van der Waals surface area (Å²) < 4.78 is 13.4. The van der Waals surface area contributed by atoms with Crippen LogP contribution in [0.3, 0.4) is 0 Å². The van der Waals surface area contributed by atoms with Crippen molar-refractivity contribution in [1.82, 2.24) is 5.32 Å². The van der Waals surface area contributed by atoms with Crippen LogP contribution in [0.4, 0.5) is 4.39 Å². The van der Waals surface area contributed by atoms with Gasteiger partial charge in [-0.15, -0.1) is 12.3 Å². The van der Waals surface area contributed by atoms with E-state index in [9.17, 15) is 9.18 Å². The topological polar surface area (TPSA) is 29.1 Å². The Morgan fingerprint density at radius 2 is 2.31 bits per heavy atom. The zero-order valence-corrected chi connectivity index (χ0v) is 10.8. The predicted octanol–water partition coefficient (Wildman–Crippen LogP) is 2.57. The van der Waals surface area contributed by atoms with Gasteiger partial charge in [-0.25, -0.2) is 4.39 Å². The van der Waals surface area contributed by atoms with E-state index in [1.807, 2.05) is 22.6 Å². The highest BCUT2D eigenvalue weighted by molar-refractivity contribution is 14.1. The summed E-state index contributed by atoms with van der Waals surface area (Å²) >= 11 is 1.94. The fraction of sp³-hybridized carbons (Fsp3) is 0.250. The van der Waals surface area contributed by atoms with Crippen LogP contribution >= 0.6 is 22.6 Å². The lowest BCUT2D eigenvalue weighted by molar-refractivity contribution is 0.0952. The number of halogens is 2. The van der Waals surface area contributed by atoms with Crippen molar-refractivity contribution in [1.29, 1.82) is 0 Å². The molecular formula is C12H11FINO. The fourth-order valence-electron chi connectivity index (χ4n) is 1.16. The Bertz CT molecular complexity index is 426. The third-order valence-electron chi connectivity index (χ3n) is 1.96. The molecular weight excluding hydrogens is 320 g/mol. The van der Waals surface area contributed by atoms with Crippen molar-refractivity contribution in [3.63, 3.8) is 0 Å². The van der Waals surface area contributed by atoms with Gasteiger partial charge in [0.25, 0.3) is 5.91 Å². The maximum atomic E-state index is 12.8. The van der Waals surface area contributed by atoms with Crippen LogP contribution in [0.2, 0.25) is 0 Å². The largest absolute Gasteiger partial charge is 0.352 e. The molecule has 0 unspecified atom stereocenters. The molecule has 0 saturated heterocycles. The molecule has 1 rings (SSSR count). The Morgan fingerprint density at radius 1 is 1.56 bits per heavy atom. The Labute approximate surface area is 108 Å². The Hall–Kier alpha value is -1.09. The lowest BCUT2D eigenvalue weighted by Gasteiger charge is -2.05. The van der Waals surface area contributed by atoms with E-state index < -0.39 is 0 Å². The van der Waals surface area contributed by atoms with Crippen LogP contribution in [-0.2, 0) is 0 Å². The quantitative estimate of drug-likeness (QED) is 0.513. The van der Waals surface area contributed by atoms with Gasteiger partial charge in [0.2, 0.25) is 0 Å². The number of amides is 1. The summed E-state index contributed by atoms with van der Waals surface area (Å²) in [4.78, 5) is 11.6. The summed E-state index contributed by atoms with van der Waals surface area (Å²) in [5, 5.41) is 2.73. The van der Waals surface area contributed by atoms with Gasteiger partial charge in [0.1, 0.15) is 5.82 Å². The maximum Gasteiger partial charge on any atom is 0.252 e. The molecule has 0 aliphatic heterocycles. The molecule has 1 aromatic rings. The minimum absolute atomic E-state index is 0.193. The molecule has 0 saturated carbocycles. The first-order valence-corrected chi connectivity index (χ1v) is 5.89. The van der Waals surface area contributed by atoms with Crippen molar-refractivity contribution in [2.45, 2.75) is 12.8 Å². The number of rotatable bonds is 4. The van der Waals surface area contributed by atoms with E-state index >= 15 is 0 Å². The minimum atomic E-state index is -0.340. The van der Waals surface area contributed by atoms with Gasteiger partial charge in [0.05, 0.1) is 5.56 Å². The molecule has 0 radical (unpaired) electrons. The van der Waals surface area contributed by atoms with Gasteiger partial charge in [-0.2, -0.15) is 0 Å². The number of terminal acetylenes is 1. The van der Waals surface area contributed by atoms with Crippen LogP contribution in [0.25, 0.3) is 0 Å². The highest BCUT2D eigenvalue weighted by atomic mass is 127. The number of nitrogens with one attached hydrogen (secondary N) is 1. The Kier molecular flexibility index (Phi) is 5.26. The van der Waals surface area contributed by atoms with E-state index in [2.05, 4.69) is 11.2 Å². The summed E-state index contributed by atoms with van der Waals surface area (Å²) in [5.41, 5.74) is 0.489. The molecule has 0 heterocycles. The van der Waals surface area contributed by atoms with Crippen molar-refractivity contribution in [2.75, 3.05) is 6.54 Å². The number of hydrogen-bond acceptors (Lipinski definition) is 1. The smallest absolute Gasteiger partial charge is 0.252 e. The zero-order chi connectivity index (χ0) is 12.0. The van der Waals surface area contributed by atoms with Gasteiger partial charge in [-0.1, -0.05) is 0 Å². The molecule has 1 aromatic carbocycles. The molecule has 0 aromatic heterocycles. The Morgan fingerprint density at radius 3 is 2.94 bits per heavy atom. The summed E-state index contributed by atoms with van der Waals surface area (Å²) in [5.74, 6) is 1.96. The lowest BCUT2D eigenvalue weighted by Crippen LogP contribution is -2.25. The Balaban J connectivity index is 2.57. The second-order valence-electron chi connectivity index (χ2n) is 3.19. The minimum Gasteiger partial charge on any atom is -0.352 e. The standard InChI is InChI=1S/C12H11FINO/c1-2-3-4-7-15-12(16)10-6-5-9(13)8-11(10)14/h1,5-6,8H,3-4,7H2,(H,15,16). The molecule has 16 heavy (non-hydrogen) atoms. The summed E-state index contributed by atoms with van der Waals surface area (Å²) in [6, 6.07) is 4.09. The van der Waals surface area contributed by atoms with E-state index in [-0.39, 0.29) is 11.7 Å². The predicted molar refractivity (Wildman–Crippen MR) is 69.5 cm³/mol. The van der Waals surface area contributed by atoms with E-state index in [0.717, 1.165) is 6.42 Å². The van der Waals surface area contributed by atoms with E-state index in [1.165, 1.54) is 18.2 Å². The van der Waals surface area contributed by atoms with E-state index in [0.29, 0.717) is 22.1 Å². The SMILES string of the molecule is C#CCCCNC(=O)c1ccc(F)cc1I. The number of unbranched alkanes of at least 4 members (excludes halogenated alkanes) is 1. The average molecular weight is 331 g/mol. The van der Waals surface area contributed by atoms with Crippen molar-refractivity contribution < 1.29 is 9.18 Å². The third-order valence-corrected chi connectivity index (χ3v) is 2.85. The van der Waals surface area contributed by atoms with Crippen LogP contribution < -0.4 is 5.32 Å². The molecule has 2 nitrogen and oxygen atoms in total. The molecule has 84 valence electrons. The first kappa shape index (κ1) is 13.0. The number of carbonyl (C=O) groups excluding carboxylic acids is 1. The maximum absolute atomic E-state index is 12.8. The zero-order valence-electron chi connectivity index (χ0n) is 8.59. The van der Waals surface area contributed by atoms with Gasteiger partial charge < -0.3 is 5.32 Å². The average Bonchev–Trinajstić information content (AvgIpc) is 2.24. The van der Waals surface area contributed by atoms with Crippen LogP contribution in [-0.4, -0.2) is 12.5 Å². The monoisotopic (exact) mass is 331 g/mol. The van der Waals surface area contributed by atoms with E-state index in [1.54, 1.807) is 0 Å². The second-order valence-corrected chi connectivity index (χ2v) is 4.35. The normalized spacial score (nSPS) is 9.56. The van der Waals surface area contributed by atoms with Crippen LogP contribution in [0.1, 0.15) is 23.2 Å². The van der Waals surface area contributed by atoms with E-state index in [4.69, 9.17) is 6.42 Å². The molecule has 1 N–H and O–H groups in total. The molecule has 0 aliphatic rings. The third kappa shape index (κ3) is 3.81. The molecule has 0 spiro atoms. The number of benzene rings is 1. The first-order valence-electron chi connectivity index (χ1n) is 4.82. The van der Waals surface area contributed by atoms with Crippen molar-refractivity contribution in [3.8, 4) is 12.3 Å². The van der Waals surface area contributed by atoms with Gasteiger partial charge in [0.15, 0.2) is 0 Å². The molecule has 4 heteroatoms. The van der Waals surface area contributed by atoms with Gasteiger partial charge >= 0.3 is 0 Å². The van der Waals surface area contributed by atoms with Crippen LogP contribution in [0.5, 0.6) is 0 Å². The van der Waals surface area contributed by atoms with Gasteiger partial charge in [-0.05, 0) is 47.2 Å². The van der Waals surface area contributed by atoms with Crippen molar-refractivity contribution in [3.05, 3.63) is 33.1 Å². The van der Waals surface area contributed by atoms with Crippen molar-refractivity contribution in [2.24, 2.45) is 0 Å². The van der Waals surface area contributed by atoms with Crippen molar-refractivity contribution >= 4 is 28.5 Å². The number of hydrogen-bond donors (Lipinski definition) is 1. The number of carbonyl (C=O) groups is 1. The highest BCUT2D eigenvalue weighted by Crippen LogP contribution is 2.13. The first-order chi connectivity index (χ1) is 7.65. The lowest BCUT2D eigenvalue weighted by atomic mass is 10.2. The summed E-state index contributed by atoms with van der Waals surface area (Å²) in [6.45, 7) is 0.538. The molecule has 0 aliphatic carbocycles. The highest BCUT2D eigenvalue weighted by Gasteiger charge is 2.09. The molecule has 0 atom stereocenters. The molecule has 0 fully saturated rings. The summed E-state index contributed by atoms with van der Waals surface area (Å²) in [6.07, 6.45) is 6.48. The molecule has 0 bridgehead atoms. The van der Waals surface area contributed by atoms with Gasteiger partial charge in [0, 0.05) is 16.5 Å². The molecule has 1 amide bonds. The van der Waals surface area contributed by atoms with Crippen LogP contribution in [0.15, 0.2) is 18.2 Å².